The third kappa shape index (κ3) is 1.14. The van der Waals surface area contributed by atoms with Gasteiger partial charge >= 0.3 is 0 Å². The molecule has 0 atom stereocenters. The Morgan fingerprint density at radius 3 is 3.09 bits per heavy atom. The first-order valence-corrected chi connectivity index (χ1v) is 3.85. The summed E-state index contributed by atoms with van der Waals surface area (Å²) in [5, 5.41) is 3.59. The first kappa shape index (κ1) is 6.79. The fraction of sp³-hybridized carbons (Fsp3) is 0. The maximum atomic E-state index is 12.5. The monoisotopic (exact) mass is 214 g/mol. The highest BCUT2D eigenvalue weighted by atomic mass is 79.9. The molecule has 0 spiro atoms. The lowest BCUT2D eigenvalue weighted by molar-refractivity contribution is 0.571. The topological polar surface area (TPSA) is 17.3 Å². The number of hydrogen-bond donors (Lipinski definition) is 0. The van der Waals surface area contributed by atoms with Gasteiger partial charge in [-0.2, -0.15) is 4.39 Å². The molecule has 0 aliphatic heterocycles. The van der Waals surface area contributed by atoms with Gasteiger partial charge < -0.3 is 0 Å². The number of fused-ring (bicyclic) bond motifs is 1. The molecule has 0 unspecified atom stereocenters. The third-order valence-electron chi connectivity index (χ3n) is 1.39. The number of hydrogen-bond acceptors (Lipinski definition) is 1. The van der Waals surface area contributed by atoms with Crippen LogP contribution in [0.5, 0.6) is 0 Å². The average Bonchev–Trinajstić information content (AvgIpc) is 2.27. The summed E-state index contributed by atoms with van der Waals surface area (Å²) < 4.78 is 14.9. The van der Waals surface area contributed by atoms with Crippen LogP contribution in [0.1, 0.15) is 0 Å². The van der Waals surface area contributed by atoms with E-state index in [4.69, 9.17) is 0 Å². The Balaban J connectivity index is 2.82. The van der Waals surface area contributed by atoms with Gasteiger partial charge in [0.15, 0.2) is 0 Å². The van der Waals surface area contributed by atoms with Crippen LogP contribution in [-0.4, -0.2) is 9.61 Å². The smallest absolute Gasteiger partial charge is 0.233 e. The second-order valence-electron chi connectivity index (χ2n) is 2.18. The van der Waals surface area contributed by atoms with Crippen molar-refractivity contribution in [3.05, 3.63) is 34.8 Å². The van der Waals surface area contributed by atoms with E-state index in [1.165, 1.54) is 10.6 Å². The van der Waals surface area contributed by atoms with Gasteiger partial charge in [0, 0.05) is 16.7 Å². The van der Waals surface area contributed by atoms with E-state index < -0.39 is 5.95 Å². The molecule has 56 valence electrons. The minimum atomic E-state index is -0.455. The summed E-state index contributed by atoms with van der Waals surface area (Å²) in [6.45, 7) is 0. The number of halogens is 2. The van der Waals surface area contributed by atoms with Crippen molar-refractivity contribution in [2.45, 2.75) is 0 Å². The van der Waals surface area contributed by atoms with Crippen LogP contribution in [0.25, 0.3) is 5.52 Å². The first-order chi connectivity index (χ1) is 5.25. The van der Waals surface area contributed by atoms with Crippen LogP contribution in [0.15, 0.2) is 28.9 Å². The van der Waals surface area contributed by atoms with Crippen LogP contribution < -0.4 is 0 Å². The van der Waals surface area contributed by atoms with E-state index in [1.54, 1.807) is 12.3 Å². The maximum absolute atomic E-state index is 12.5. The van der Waals surface area contributed by atoms with E-state index in [0.29, 0.717) is 0 Å². The van der Waals surface area contributed by atoms with E-state index in [1.807, 2.05) is 6.07 Å². The Morgan fingerprint density at radius 1 is 1.45 bits per heavy atom. The summed E-state index contributed by atoms with van der Waals surface area (Å²) in [5.41, 5.74) is 0.755. The lowest BCUT2D eigenvalue weighted by atomic mass is 10.4. The molecule has 0 bridgehead atoms. The van der Waals surface area contributed by atoms with E-state index in [2.05, 4.69) is 21.0 Å². The zero-order chi connectivity index (χ0) is 7.84. The standard InChI is InChI=1S/C7H4BrFN2/c8-5-1-2-6-3-7(9)10-11(6)4-5/h1-4H. The second kappa shape index (κ2) is 2.30. The molecule has 0 saturated carbocycles. The van der Waals surface area contributed by atoms with Gasteiger partial charge in [0.2, 0.25) is 5.95 Å². The quantitative estimate of drug-likeness (QED) is 0.658. The van der Waals surface area contributed by atoms with Crippen LogP contribution in [0, 0.1) is 5.95 Å². The summed E-state index contributed by atoms with van der Waals surface area (Å²) >= 11 is 3.26. The molecule has 2 aromatic rings. The summed E-state index contributed by atoms with van der Waals surface area (Å²) in [7, 11) is 0. The van der Waals surface area contributed by atoms with Gasteiger partial charge in [-0.3, -0.25) is 0 Å². The number of rotatable bonds is 0. The minimum Gasteiger partial charge on any atom is -0.237 e. The van der Waals surface area contributed by atoms with Gasteiger partial charge in [-0.25, -0.2) is 4.52 Å². The summed E-state index contributed by atoms with van der Waals surface area (Å²) in [6.07, 6.45) is 1.71. The van der Waals surface area contributed by atoms with Crippen molar-refractivity contribution in [3.63, 3.8) is 0 Å². The van der Waals surface area contributed by atoms with Crippen molar-refractivity contribution in [1.82, 2.24) is 9.61 Å². The molecule has 0 saturated heterocycles. The van der Waals surface area contributed by atoms with Crippen LogP contribution in [0.3, 0.4) is 0 Å². The van der Waals surface area contributed by atoms with E-state index in [0.717, 1.165) is 9.99 Å². The largest absolute Gasteiger partial charge is 0.237 e. The van der Waals surface area contributed by atoms with Gasteiger partial charge in [-0.15, -0.1) is 5.10 Å². The molecule has 0 fully saturated rings. The molecule has 4 heteroatoms. The Hall–Kier alpha value is -0.900. The van der Waals surface area contributed by atoms with Crippen LogP contribution >= 0.6 is 15.9 Å². The fourth-order valence-corrected chi connectivity index (χ4v) is 1.26. The predicted octanol–water partition coefficient (Wildman–Crippen LogP) is 2.24. The normalized spacial score (nSPS) is 10.7. The van der Waals surface area contributed by atoms with Crippen LogP contribution in [0.2, 0.25) is 0 Å². The van der Waals surface area contributed by atoms with Crippen molar-refractivity contribution in [1.29, 1.82) is 0 Å². The number of nitrogens with zero attached hydrogens (tertiary/aromatic N) is 2. The molecule has 2 rings (SSSR count). The number of pyridine rings is 1. The molecule has 0 amide bonds. The van der Waals surface area contributed by atoms with Crippen molar-refractivity contribution in [2.24, 2.45) is 0 Å². The third-order valence-corrected chi connectivity index (χ3v) is 1.86. The van der Waals surface area contributed by atoms with Crippen molar-refractivity contribution in [3.8, 4) is 0 Å². The van der Waals surface area contributed by atoms with Gasteiger partial charge in [0.1, 0.15) is 0 Å². The average molecular weight is 215 g/mol. The molecule has 0 aliphatic carbocycles. The van der Waals surface area contributed by atoms with Crippen molar-refractivity contribution >= 4 is 21.4 Å². The lowest BCUT2D eigenvalue weighted by Crippen LogP contribution is -1.85. The van der Waals surface area contributed by atoms with Crippen molar-refractivity contribution < 1.29 is 4.39 Å². The molecule has 11 heavy (non-hydrogen) atoms. The fourth-order valence-electron chi connectivity index (χ4n) is 0.930. The van der Waals surface area contributed by atoms with Gasteiger partial charge in [0.05, 0.1) is 5.52 Å². The SMILES string of the molecule is Fc1cc2ccc(Br)cn2n1. The molecule has 2 heterocycles. The highest BCUT2D eigenvalue weighted by molar-refractivity contribution is 9.10. The molecular weight excluding hydrogens is 211 g/mol. The highest BCUT2D eigenvalue weighted by Crippen LogP contribution is 2.11. The van der Waals surface area contributed by atoms with E-state index >= 15 is 0 Å². The molecule has 2 aromatic heterocycles. The van der Waals surface area contributed by atoms with Crippen LogP contribution in [-0.2, 0) is 0 Å². The molecule has 0 N–H and O–H groups in total. The molecular formula is C7H4BrFN2. The highest BCUT2D eigenvalue weighted by Gasteiger charge is 1.98. The maximum Gasteiger partial charge on any atom is 0.233 e. The Labute approximate surface area is 70.8 Å². The molecule has 0 aliphatic rings. The van der Waals surface area contributed by atoms with Gasteiger partial charge in [-0.05, 0) is 28.1 Å². The van der Waals surface area contributed by atoms with E-state index in [9.17, 15) is 4.39 Å². The Bertz CT molecular complexity index is 396. The summed E-state index contributed by atoms with van der Waals surface area (Å²) in [5.74, 6) is -0.455. The summed E-state index contributed by atoms with van der Waals surface area (Å²) in [4.78, 5) is 0. The molecule has 0 radical (unpaired) electrons. The lowest BCUT2D eigenvalue weighted by Gasteiger charge is -1.91. The Kier molecular flexibility index (Phi) is 1.42. The van der Waals surface area contributed by atoms with Crippen LogP contribution in [0.4, 0.5) is 4.39 Å². The summed E-state index contributed by atoms with van der Waals surface area (Å²) in [6, 6.07) is 5.02. The second-order valence-corrected chi connectivity index (χ2v) is 3.10. The van der Waals surface area contributed by atoms with E-state index in [-0.39, 0.29) is 0 Å². The predicted molar refractivity (Wildman–Crippen MR) is 42.9 cm³/mol. The molecule has 0 aromatic carbocycles. The van der Waals surface area contributed by atoms with Gasteiger partial charge in [0.25, 0.3) is 0 Å². The molecule has 2 nitrogen and oxygen atoms in total. The minimum absolute atomic E-state index is 0.455. The zero-order valence-electron chi connectivity index (χ0n) is 5.46. The first-order valence-electron chi connectivity index (χ1n) is 3.06. The number of aromatic nitrogens is 2. The zero-order valence-corrected chi connectivity index (χ0v) is 7.05. The Morgan fingerprint density at radius 2 is 2.27 bits per heavy atom. The van der Waals surface area contributed by atoms with Crippen molar-refractivity contribution in [2.75, 3.05) is 0 Å². The van der Waals surface area contributed by atoms with Gasteiger partial charge in [-0.1, -0.05) is 0 Å².